The highest BCUT2D eigenvalue weighted by molar-refractivity contribution is 5.81. The molecule has 0 spiro atoms. The first-order chi connectivity index (χ1) is 8.62. The quantitative estimate of drug-likeness (QED) is 0.784. The van der Waals surface area contributed by atoms with Gasteiger partial charge >= 0.3 is 0 Å². The van der Waals surface area contributed by atoms with E-state index in [4.69, 9.17) is 5.73 Å². The molecule has 4 nitrogen and oxygen atoms in total. The largest absolute Gasteiger partial charge is 0.399 e. The van der Waals surface area contributed by atoms with Crippen LogP contribution < -0.4 is 10.6 Å². The van der Waals surface area contributed by atoms with Gasteiger partial charge in [-0.1, -0.05) is 6.07 Å². The summed E-state index contributed by atoms with van der Waals surface area (Å²) in [5.41, 5.74) is 7.49. The van der Waals surface area contributed by atoms with Crippen LogP contribution in [0.5, 0.6) is 0 Å². The van der Waals surface area contributed by atoms with E-state index in [0.717, 1.165) is 31.0 Å². The molecule has 0 bridgehead atoms. The second-order valence-electron chi connectivity index (χ2n) is 4.18. The molecule has 0 heterocycles. The fourth-order valence-corrected chi connectivity index (χ4v) is 1.95. The van der Waals surface area contributed by atoms with Gasteiger partial charge < -0.3 is 15.5 Å². The number of nitrogen functional groups attached to an aromatic ring is 1. The van der Waals surface area contributed by atoms with Crippen molar-refractivity contribution in [3.8, 4) is 0 Å². The zero-order chi connectivity index (χ0) is 13.5. The number of nitrogens with zero attached hydrogens (tertiary/aromatic N) is 2. The summed E-state index contributed by atoms with van der Waals surface area (Å²) < 4.78 is 0. The van der Waals surface area contributed by atoms with E-state index < -0.39 is 0 Å². The summed E-state index contributed by atoms with van der Waals surface area (Å²) in [5.74, 6) is 0.157. The fourth-order valence-electron chi connectivity index (χ4n) is 1.95. The number of anilines is 2. The molecule has 1 rings (SSSR count). The Hall–Kier alpha value is -1.71. The lowest BCUT2D eigenvalue weighted by Gasteiger charge is -2.26. The van der Waals surface area contributed by atoms with E-state index in [1.165, 1.54) is 0 Å². The lowest BCUT2D eigenvalue weighted by atomic mass is 10.2. The highest BCUT2D eigenvalue weighted by Crippen LogP contribution is 2.17. The van der Waals surface area contributed by atoms with Gasteiger partial charge in [-0.05, 0) is 39.0 Å². The Bertz CT molecular complexity index is 388. The standard InChI is InChI=1S/C14H23N3O/c1-4-16(5-2)14(18)11-17(6-3)13-9-7-8-12(15)10-13/h7-10H,4-6,11,15H2,1-3H3. The van der Waals surface area contributed by atoms with Crippen molar-refractivity contribution >= 4 is 17.3 Å². The summed E-state index contributed by atoms with van der Waals surface area (Å²) in [7, 11) is 0. The molecule has 0 aliphatic carbocycles. The van der Waals surface area contributed by atoms with Crippen LogP contribution in [0.1, 0.15) is 20.8 Å². The minimum atomic E-state index is 0.157. The molecule has 1 amide bonds. The van der Waals surface area contributed by atoms with Crippen molar-refractivity contribution in [1.82, 2.24) is 4.90 Å². The van der Waals surface area contributed by atoms with Crippen molar-refractivity contribution in [2.24, 2.45) is 0 Å². The third kappa shape index (κ3) is 3.65. The number of likely N-dealkylation sites (N-methyl/N-ethyl adjacent to an activating group) is 2. The van der Waals surface area contributed by atoms with E-state index in [0.29, 0.717) is 6.54 Å². The average Bonchev–Trinajstić information content (AvgIpc) is 2.37. The number of rotatable bonds is 6. The number of amides is 1. The molecule has 1 aromatic rings. The third-order valence-corrected chi connectivity index (χ3v) is 3.06. The smallest absolute Gasteiger partial charge is 0.242 e. The predicted molar refractivity (Wildman–Crippen MR) is 76.7 cm³/mol. The minimum Gasteiger partial charge on any atom is -0.399 e. The van der Waals surface area contributed by atoms with Crippen LogP contribution in [-0.2, 0) is 4.79 Å². The number of hydrogen-bond donors (Lipinski definition) is 1. The lowest BCUT2D eigenvalue weighted by Crippen LogP contribution is -2.40. The van der Waals surface area contributed by atoms with Crippen LogP contribution in [0.4, 0.5) is 11.4 Å². The molecule has 0 radical (unpaired) electrons. The Morgan fingerprint density at radius 2 is 1.83 bits per heavy atom. The van der Waals surface area contributed by atoms with E-state index in [1.807, 2.05) is 54.8 Å². The van der Waals surface area contributed by atoms with Gasteiger partial charge in [0, 0.05) is 31.0 Å². The van der Waals surface area contributed by atoms with Crippen molar-refractivity contribution in [2.45, 2.75) is 20.8 Å². The highest BCUT2D eigenvalue weighted by atomic mass is 16.2. The van der Waals surface area contributed by atoms with Gasteiger partial charge in [-0.2, -0.15) is 0 Å². The molecule has 0 saturated carbocycles. The maximum absolute atomic E-state index is 12.1. The molecule has 0 saturated heterocycles. The van der Waals surface area contributed by atoms with Crippen LogP contribution in [0.15, 0.2) is 24.3 Å². The zero-order valence-corrected chi connectivity index (χ0v) is 11.5. The topological polar surface area (TPSA) is 49.6 Å². The van der Waals surface area contributed by atoms with E-state index in [2.05, 4.69) is 0 Å². The number of nitrogens with two attached hydrogens (primary N) is 1. The monoisotopic (exact) mass is 249 g/mol. The SMILES string of the molecule is CCN(CC)C(=O)CN(CC)c1cccc(N)c1. The Labute approximate surface area is 109 Å². The number of hydrogen-bond acceptors (Lipinski definition) is 3. The number of benzene rings is 1. The van der Waals surface area contributed by atoms with Gasteiger partial charge in [-0.3, -0.25) is 4.79 Å². The molecule has 100 valence electrons. The molecular formula is C14H23N3O. The summed E-state index contributed by atoms with van der Waals surface area (Å²) in [6, 6.07) is 7.65. The molecule has 0 aliphatic rings. The number of carbonyl (C=O) groups excluding carboxylic acids is 1. The van der Waals surface area contributed by atoms with Gasteiger partial charge in [0.1, 0.15) is 0 Å². The Balaban J connectivity index is 2.76. The van der Waals surface area contributed by atoms with E-state index in [9.17, 15) is 4.79 Å². The maximum Gasteiger partial charge on any atom is 0.242 e. The van der Waals surface area contributed by atoms with Crippen LogP contribution in [0.3, 0.4) is 0 Å². The maximum atomic E-state index is 12.1. The molecule has 2 N–H and O–H groups in total. The van der Waals surface area contributed by atoms with Gasteiger partial charge in [0.15, 0.2) is 0 Å². The van der Waals surface area contributed by atoms with Crippen LogP contribution in [0.25, 0.3) is 0 Å². The molecule has 0 atom stereocenters. The summed E-state index contributed by atoms with van der Waals surface area (Å²) in [6.45, 7) is 8.74. The Morgan fingerprint density at radius 1 is 1.17 bits per heavy atom. The summed E-state index contributed by atoms with van der Waals surface area (Å²) in [6.07, 6.45) is 0. The Morgan fingerprint density at radius 3 is 2.33 bits per heavy atom. The van der Waals surface area contributed by atoms with Gasteiger partial charge in [-0.15, -0.1) is 0 Å². The second kappa shape index (κ2) is 6.89. The normalized spacial score (nSPS) is 10.2. The van der Waals surface area contributed by atoms with Crippen molar-refractivity contribution in [2.75, 3.05) is 36.8 Å². The van der Waals surface area contributed by atoms with Crippen LogP contribution >= 0.6 is 0 Å². The summed E-state index contributed by atoms with van der Waals surface area (Å²) in [4.78, 5) is 16.0. The summed E-state index contributed by atoms with van der Waals surface area (Å²) >= 11 is 0. The molecular weight excluding hydrogens is 226 g/mol. The highest BCUT2D eigenvalue weighted by Gasteiger charge is 2.14. The molecule has 1 aromatic carbocycles. The van der Waals surface area contributed by atoms with Gasteiger partial charge in [0.25, 0.3) is 0 Å². The van der Waals surface area contributed by atoms with Crippen LogP contribution in [-0.4, -0.2) is 37.0 Å². The minimum absolute atomic E-state index is 0.157. The van der Waals surface area contributed by atoms with Crippen molar-refractivity contribution in [1.29, 1.82) is 0 Å². The fraction of sp³-hybridized carbons (Fsp3) is 0.500. The van der Waals surface area contributed by atoms with Crippen molar-refractivity contribution < 1.29 is 4.79 Å². The van der Waals surface area contributed by atoms with E-state index in [-0.39, 0.29) is 5.91 Å². The molecule has 4 heteroatoms. The van der Waals surface area contributed by atoms with Crippen LogP contribution in [0, 0.1) is 0 Å². The molecule has 0 unspecified atom stereocenters. The molecule has 0 aromatic heterocycles. The Kier molecular flexibility index (Phi) is 5.49. The summed E-state index contributed by atoms with van der Waals surface area (Å²) in [5, 5.41) is 0. The average molecular weight is 249 g/mol. The zero-order valence-electron chi connectivity index (χ0n) is 11.5. The van der Waals surface area contributed by atoms with Gasteiger partial charge in [0.05, 0.1) is 6.54 Å². The van der Waals surface area contributed by atoms with Gasteiger partial charge in [0.2, 0.25) is 5.91 Å². The predicted octanol–water partition coefficient (Wildman–Crippen LogP) is 1.96. The van der Waals surface area contributed by atoms with Crippen molar-refractivity contribution in [3.05, 3.63) is 24.3 Å². The molecule has 18 heavy (non-hydrogen) atoms. The lowest BCUT2D eigenvalue weighted by molar-refractivity contribution is -0.129. The molecule has 0 aliphatic heterocycles. The molecule has 0 fully saturated rings. The van der Waals surface area contributed by atoms with E-state index >= 15 is 0 Å². The van der Waals surface area contributed by atoms with Crippen LogP contribution in [0.2, 0.25) is 0 Å². The first kappa shape index (κ1) is 14.4. The number of carbonyl (C=O) groups is 1. The third-order valence-electron chi connectivity index (χ3n) is 3.06. The van der Waals surface area contributed by atoms with Gasteiger partial charge in [-0.25, -0.2) is 0 Å². The second-order valence-corrected chi connectivity index (χ2v) is 4.18. The van der Waals surface area contributed by atoms with Crippen molar-refractivity contribution in [3.63, 3.8) is 0 Å². The first-order valence-electron chi connectivity index (χ1n) is 6.50. The van der Waals surface area contributed by atoms with E-state index in [1.54, 1.807) is 0 Å². The first-order valence-corrected chi connectivity index (χ1v) is 6.50.